The molecule has 35 heavy (non-hydrogen) atoms. The number of imidazole rings is 1. The maximum atomic E-state index is 13.4. The lowest BCUT2D eigenvalue weighted by molar-refractivity contribution is -0.121. The van der Waals surface area contributed by atoms with E-state index in [4.69, 9.17) is 13.8 Å². The first-order valence-corrected chi connectivity index (χ1v) is 11.8. The van der Waals surface area contributed by atoms with Crippen molar-refractivity contribution in [2.24, 2.45) is 5.92 Å². The standard InChI is InChI=1S/C28H27N3O4/c1-4-16(2)24(28-29-20-12-8-9-13-21(20)30-28)31-23(33)15-19-25(18-10-6-5-7-11-18)35-27-22(32)14-17(3)34-26(19)27/h5-14,16,24H,4,15H2,1-3H3,(H,29,30)(H,31,33). The second kappa shape index (κ2) is 9.25. The van der Waals surface area contributed by atoms with Crippen molar-refractivity contribution in [3.05, 3.63) is 88.0 Å². The summed E-state index contributed by atoms with van der Waals surface area (Å²) in [7, 11) is 0. The number of aromatic nitrogens is 2. The molecule has 5 rings (SSSR count). The highest BCUT2D eigenvalue weighted by atomic mass is 16.4. The zero-order chi connectivity index (χ0) is 24.5. The van der Waals surface area contributed by atoms with E-state index in [-0.39, 0.29) is 35.3 Å². The van der Waals surface area contributed by atoms with Gasteiger partial charge in [0.15, 0.2) is 5.58 Å². The molecule has 3 aromatic heterocycles. The van der Waals surface area contributed by atoms with Crippen LogP contribution in [0, 0.1) is 12.8 Å². The van der Waals surface area contributed by atoms with Gasteiger partial charge >= 0.3 is 0 Å². The average molecular weight is 470 g/mol. The van der Waals surface area contributed by atoms with Gasteiger partial charge in [-0.15, -0.1) is 0 Å². The second-order valence-corrected chi connectivity index (χ2v) is 8.90. The van der Waals surface area contributed by atoms with Crippen molar-refractivity contribution in [1.29, 1.82) is 0 Å². The zero-order valence-electron chi connectivity index (χ0n) is 19.9. The summed E-state index contributed by atoms with van der Waals surface area (Å²) in [6.45, 7) is 5.88. The molecule has 0 bridgehead atoms. The third kappa shape index (κ3) is 4.37. The van der Waals surface area contributed by atoms with E-state index in [9.17, 15) is 9.59 Å². The number of fused-ring (bicyclic) bond motifs is 2. The zero-order valence-corrected chi connectivity index (χ0v) is 19.9. The molecule has 0 spiro atoms. The molecule has 2 N–H and O–H groups in total. The summed E-state index contributed by atoms with van der Waals surface area (Å²) in [5.41, 5.74) is 3.27. The number of nitrogens with one attached hydrogen (secondary N) is 2. The van der Waals surface area contributed by atoms with Gasteiger partial charge in [0, 0.05) is 11.6 Å². The number of carbonyl (C=O) groups is 1. The molecule has 0 fully saturated rings. The number of H-pyrrole nitrogens is 1. The lowest BCUT2D eigenvalue weighted by atomic mass is 9.98. The molecule has 2 aromatic carbocycles. The average Bonchev–Trinajstić information content (AvgIpc) is 3.44. The Balaban J connectivity index is 1.52. The number of aryl methyl sites for hydroxylation is 1. The lowest BCUT2D eigenvalue weighted by Gasteiger charge is -2.22. The Kier molecular flexibility index (Phi) is 5.99. The molecule has 0 saturated carbocycles. The number of nitrogens with zero attached hydrogens (tertiary/aromatic N) is 1. The minimum atomic E-state index is -0.299. The molecule has 0 aliphatic rings. The van der Waals surface area contributed by atoms with Crippen molar-refractivity contribution < 1.29 is 13.6 Å². The number of amides is 1. The highest BCUT2D eigenvalue weighted by Gasteiger charge is 2.27. The summed E-state index contributed by atoms with van der Waals surface area (Å²) < 4.78 is 11.8. The van der Waals surface area contributed by atoms with Crippen molar-refractivity contribution in [3.8, 4) is 11.3 Å². The second-order valence-electron chi connectivity index (χ2n) is 8.90. The Labute approximate surface area is 202 Å². The molecular weight excluding hydrogens is 442 g/mol. The van der Waals surface area contributed by atoms with E-state index >= 15 is 0 Å². The summed E-state index contributed by atoms with van der Waals surface area (Å²) in [6.07, 6.45) is 0.858. The summed E-state index contributed by atoms with van der Waals surface area (Å²) in [6, 6.07) is 18.3. The number of para-hydroxylation sites is 2. The monoisotopic (exact) mass is 469 g/mol. The van der Waals surface area contributed by atoms with Crippen LogP contribution in [0.25, 0.3) is 33.5 Å². The minimum Gasteiger partial charge on any atom is -0.457 e. The summed E-state index contributed by atoms with van der Waals surface area (Å²) in [5, 5.41) is 3.16. The molecule has 0 radical (unpaired) electrons. The molecule has 1 amide bonds. The van der Waals surface area contributed by atoms with Gasteiger partial charge in [0.1, 0.15) is 17.3 Å². The van der Waals surface area contributed by atoms with Crippen molar-refractivity contribution in [3.63, 3.8) is 0 Å². The van der Waals surface area contributed by atoms with Gasteiger partial charge < -0.3 is 19.1 Å². The molecular formula is C28H27N3O4. The number of carbonyl (C=O) groups excluding carboxylic acids is 1. The number of furan rings is 1. The fourth-order valence-corrected chi connectivity index (χ4v) is 4.36. The first-order chi connectivity index (χ1) is 16.9. The first-order valence-electron chi connectivity index (χ1n) is 11.8. The number of aromatic amines is 1. The van der Waals surface area contributed by atoms with Gasteiger partial charge in [-0.3, -0.25) is 9.59 Å². The maximum Gasteiger partial charge on any atom is 0.228 e. The van der Waals surface area contributed by atoms with Crippen LogP contribution in [0.3, 0.4) is 0 Å². The SMILES string of the molecule is CCC(C)C(NC(=O)Cc1c(-c2ccccc2)oc2c(=O)cc(C)oc12)c1nc2ccccc2[nH]1. The van der Waals surface area contributed by atoms with Crippen LogP contribution in [-0.4, -0.2) is 15.9 Å². The van der Waals surface area contributed by atoms with E-state index in [0.29, 0.717) is 22.7 Å². The van der Waals surface area contributed by atoms with Crippen LogP contribution in [-0.2, 0) is 11.2 Å². The molecule has 2 atom stereocenters. The van der Waals surface area contributed by atoms with Crippen molar-refractivity contribution in [1.82, 2.24) is 15.3 Å². The molecule has 5 aromatic rings. The summed E-state index contributed by atoms with van der Waals surface area (Å²) >= 11 is 0. The normalized spacial score (nSPS) is 13.2. The number of hydrogen-bond acceptors (Lipinski definition) is 5. The van der Waals surface area contributed by atoms with E-state index in [0.717, 1.165) is 28.8 Å². The lowest BCUT2D eigenvalue weighted by Crippen LogP contribution is -2.34. The van der Waals surface area contributed by atoms with Gasteiger partial charge in [0.2, 0.25) is 16.9 Å². The predicted octanol–water partition coefficient (Wildman–Crippen LogP) is 5.68. The third-order valence-corrected chi connectivity index (χ3v) is 6.38. The fourth-order valence-electron chi connectivity index (χ4n) is 4.36. The molecule has 0 aliphatic heterocycles. The largest absolute Gasteiger partial charge is 0.457 e. The molecule has 0 aliphatic carbocycles. The number of rotatable bonds is 7. The van der Waals surface area contributed by atoms with Gasteiger partial charge in [-0.2, -0.15) is 0 Å². The number of hydrogen-bond donors (Lipinski definition) is 2. The van der Waals surface area contributed by atoms with Gasteiger partial charge in [-0.05, 0) is 25.0 Å². The van der Waals surface area contributed by atoms with E-state index in [1.165, 1.54) is 6.07 Å². The molecule has 0 saturated heterocycles. The van der Waals surface area contributed by atoms with E-state index < -0.39 is 0 Å². The minimum absolute atomic E-state index is 0.00319. The van der Waals surface area contributed by atoms with Crippen molar-refractivity contribution in [2.75, 3.05) is 0 Å². The van der Waals surface area contributed by atoms with Crippen LogP contribution < -0.4 is 10.7 Å². The van der Waals surface area contributed by atoms with Gasteiger partial charge in [-0.1, -0.05) is 62.7 Å². The molecule has 7 nitrogen and oxygen atoms in total. The van der Waals surface area contributed by atoms with Gasteiger partial charge in [0.25, 0.3) is 0 Å². The Morgan fingerprint density at radius 2 is 1.80 bits per heavy atom. The van der Waals surface area contributed by atoms with Gasteiger partial charge in [-0.25, -0.2) is 4.98 Å². The van der Waals surface area contributed by atoms with Crippen LogP contribution in [0.1, 0.15) is 43.5 Å². The van der Waals surface area contributed by atoms with E-state index in [1.807, 2.05) is 54.6 Å². The van der Waals surface area contributed by atoms with Crippen molar-refractivity contribution >= 4 is 28.1 Å². The van der Waals surface area contributed by atoms with E-state index in [1.54, 1.807) is 6.92 Å². The van der Waals surface area contributed by atoms with Crippen LogP contribution in [0.2, 0.25) is 0 Å². The molecule has 7 heteroatoms. The molecule has 2 unspecified atom stereocenters. The Hall–Kier alpha value is -4.13. The topological polar surface area (TPSA) is 101 Å². The highest BCUT2D eigenvalue weighted by Crippen LogP contribution is 2.33. The van der Waals surface area contributed by atoms with Crippen LogP contribution in [0.15, 0.2) is 74.3 Å². The Morgan fingerprint density at radius 1 is 1.06 bits per heavy atom. The molecule has 3 heterocycles. The van der Waals surface area contributed by atoms with Crippen LogP contribution in [0.4, 0.5) is 0 Å². The molecule has 178 valence electrons. The fraction of sp³-hybridized carbons (Fsp3) is 0.250. The highest BCUT2D eigenvalue weighted by molar-refractivity contribution is 5.90. The third-order valence-electron chi connectivity index (χ3n) is 6.38. The quantitative estimate of drug-likeness (QED) is 0.319. The Bertz CT molecular complexity index is 1530. The summed E-state index contributed by atoms with van der Waals surface area (Å²) in [4.78, 5) is 34.1. The predicted molar refractivity (Wildman–Crippen MR) is 135 cm³/mol. The smallest absolute Gasteiger partial charge is 0.228 e. The summed E-state index contributed by atoms with van der Waals surface area (Å²) in [5.74, 6) is 1.58. The van der Waals surface area contributed by atoms with Gasteiger partial charge in [0.05, 0.1) is 29.1 Å². The van der Waals surface area contributed by atoms with Crippen molar-refractivity contribution in [2.45, 2.75) is 39.7 Å². The maximum absolute atomic E-state index is 13.4. The van der Waals surface area contributed by atoms with Crippen LogP contribution in [0.5, 0.6) is 0 Å². The Morgan fingerprint density at radius 3 is 2.54 bits per heavy atom. The van der Waals surface area contributed by atoms with E-state index in [2.05, 4.69) is 24.1 Å². The first kappa shape index (κ1) is 22.7. The number of benzene rings is 2. The van der Waals surface area contributed by atoms with Crippen LogP contribution >= 0.6 is 0 Å².